The van der Waals surface area contributed by atoms with Gasteiger partial charge in [-0.2, -0.15) is 0 Å². The molecule has 4 heteroatoms. The van der Waals surface area contributed by atoms with Crippen LogP contribution in [0.4, 0.5) is 4.39 Å². The van der Waals surface area contributed by atoms with Crippen molar-refractivity contribution in [3.63, 3.8) is 0 Å². The molecule has 0 aliphatic rings. The Morgan fingerprint density at radius 1 is 1.12 bits per heavy atom. The normalized spacial score (nSPS) is 12.4. The maximum Gasteiger partial charge on any atom is 0.217 e. The van der Waals surface area contributed by atoms with Crippen molar-refractivity contribution in [2.24, 2.45) is 5.92 Å². The highest BCUT2D eigenvalue weighted by Crippen LogP contribution is 2.32. The lowest BCUT2D eigenvalue weighted by Crippen LogP contribution is -2.10. The predicted octanol–water partition coefficient (Wildman–Crippen LogP) is 4.99. The van der Waals surface area contributed by atoms with E-state index in [-0.39, 0.29) is 17.7 Å². The first-order valence-electron chi connectivity index (χ1n) is 8.24. The van der Waals surface area contributed by atoms with Gasteiger partial charge < -0.3 is 9.53 Å². The lowest BCUT2D eigenvalue weighted by atomic mass is 9.90. The third kappa shape index (κ3) is 3.25. The van der Waals surface area contributed by atoms with Crippen molar-refractivity contribution in [2.45, 2.75) is 19.8 Å². The third-order valence-corrected chi connectivity index (χ3v) is 4.43. The zero-order chi connectivity index (χ0) is 18.0. The van der Waals surface area contributed by atoms with E-state index in [9.17, 15) is 9.18 Å². The number of carbonyl (C=O) groups is 1. The molecule has 0 radical (unpaired) electrons. The topological polar surface area (TPSA) is 39.2 Å². The number of methoxy groups -OCH3 is 1. The van der Waals surface area contributed by atoms with Crippen molar-refractivity contribution in [3.8, 4) is 17.1 Å². The smallest absolute Gasteiger partial charge is 0.217 e. The molecule has 3 aromatic rings. The van der Waals surface area contributed by atoms with Gasteiger partial charge in [-0.15, -0.1) is 0 Å². The zero-order valence-electron chi connectivity index (χ0n) is 14.5. The number of hydrogen-bond donors (Lipinski definition) is 0. The summed E-state index contributed by atoms with van der Waals surface area (Å²) in [5.41, 5.74) is 2.25. The molecule has 3 rings (SSSR count). The van der Waals surface area contributed by atoms with Gasteiger partial charge in [0.05, 0.1) is 12.8 Å². The fourth-order valence-electron chi connectivity index (χ4n) is 3.01. The van der Waals surface area contributed by atoms with Gasteiger partial charge in [-0.3, -0.25) is 0 Å². The van der Waals surface area contributed by atoms with Crippen LogP contribution in [-0.4, -0.2) is 18.4 Å². The quantitative estimate of drug-likeness (QED) is 0.616. The lowest BCUT2D eigenvalue weighted by molar-refractivity contribution is -0.109. The highest BCUT2D eigenvalue weighted by molar-refractivity contribution is 5.87. The van der Waals surface area contributed by atoms with Gasteiger partial charge >= 0.3 is 0 Å². The number of ether oxygens (including phenoxy) is 1. The summed E-state index contributed by atoms with van der Waals surface area (Å²) in [5, 5.41) is 1.39. The lowest BCUT2D eigenvalue weighted by Gasteiger charge is -2.18. The molecule has 0 fully saturated rings. The molecule has 0 aliphatic heterocycles. The maximum atomic E-state index is 14.0. The van der Waals surface area contributed by atoms with Gasteiger partial charge in [-0.05, 0) is 29.5 Å². The maximum absolute atomic E-state index is 14.0. The molecule has 0 saturated heterocycles. The van der Waals surface area contributed by atoms with Crippen LogP contribution in [0.15, 0.2) is 48.5 Å². The summed E-state index contributed by atoms with van der Waals surface area (Å²) in [6.45, 7) is 3.97. The second kappa shape index (κ2) is 7.01. The number of aldehydes is 1. The van der Waals surface area contributed by atoms with Crippen LogP contribution in [0.1, 0.15) is 25.3 Å². The first kappa shape index (κ1) is 17.1. The van der Waals surface area contributed by atoms with Gasteiger partial charge in [0.15, 0.2) is 0 Å². The van der Waals surface area contributed by atoms with Crippen molar-refractivity contribution in [3.05, 3.63) is 59.9 Å². The molecule has 0 N–H and O–H groups in total. The minimum Gasteiger partial charge on any atom is -0.481 e. The van der Waals surface area contributed by atoms with E-state index in [0.29, 0.717) is 17.0 Å². The van der Waals surface area contributed by atoms with E-state index in [2.05, 4.69) is 4.98 Å². The Balaban J connectivity index is 2.09. The summed E-state index contributed by atoms with van der Waals surface area (Å²) in [6, 6.07) is 14.3. The zero-order valence-corrected chi connectivity index (χ0v) is 14.5. The van der Waals surface area contributed by atoms with Crippen LogP contribution in [0.25, 0.3) is 22.0 Å². The van der Waals surface area contributed by atoms with E-state index in [1.807, 2.05) is 44.2 Å². The number of aromatic nitrogens is 1. The third-order valence-electron chi connectivity index (χ3n) is 4.43. The first-order chi connectivity index (χ1) is 12.0. The van der Waals surface area contributed by atoms with E-state index in [4.69, 9.17) is 4.74 Å². The summed E-state index contributed by atoms with van der Waals surface area (Å²) in [5.74, 6) is 0.0417. The number of carbonyl (C=O) groups excluding carboxylic acids is 1. The number of pyridine rings is 1. The van der Waals surface area contributed by atoms with Gasteiger partial charge in [0.25, 0.3) is 0 Å². The molecule has 0 aliphatic carbocycles. The molecular weight excluding hydrogens is 317 g/mol. The predicted molar refractivity (Wildman–Crippen MR) is 97.3 cm³/mol. The summed E-state index contributed by atoms with van der Waals surface area (Å²) < 4.78 is 19.5. The van der Waals surface area contributed by atoms with E-state index in [1.165, 1.54) is 13.2 Å². The molecule has 1 aromatic heterocycles. The molecule has 3 nitrogen and oxygen atoms in total. The van der Waals surface area contributed by atoms with Crippen LogP contribution in [0, 0.1) is 11.7 Å². The summed E-state index contributed by atoms with van der Waals surface area (Å²) in [7, 11) is 1.54. The highest BCUT2D eigenvalue weighted by Gasteiger charge is 2.20. The Kier molecular flexibility index (Phi) is 4.79. The van der Waals surface area contributed by atoms with Gasteiger partial charge in [-0.25, -0.2) is 9.37 Å². The number of nitrogens with zero attached hydrogens (tertiary/aromatic N) is 1. The van der Waals surface area contributed by atoms with Crippen molar-refractivity contribution in [1.82, 2.24) is 4.98 Å². The van der Waals surface area contributed by atoms with Crippen molar-refractivity contribution >= 4 is 17.1 Å². The molecule has 0 amide bonds. The number of rotatable bonds is 5. The van der Waals surface area contributed by atoms with Crippen LogP contribution in [0.3, 0.4) is 0 Å². The van der Waals surface area contributed by atoms with Crippen molar-refractivity contribution < 1.29 is 13.9 Å². The average molecular weight is 337 g/mol. The molecule has 1 atom stereocenters. The molecule has 0 saturated carbocycles. The van der Waals surface area contributed by atoms with Gasteiger partial charge in [-0.1, -0.05) is 44.2 Å². The second-order valence-corrected chi connectivity index (χ2v) is 6.38. The van der Waals surface area contributed by atoms with Gasteiger partial charge in [0.1, 0.15) is 12.1 Å². The molecule has 1 unspecified atom stereocenters. The van der Waals surface area contributed by atoms with Crippen LogP contribution < -0.4 is 4.74 Å². The van der Waals surface area contributed by atoms with Crippen LogP contribution >= 0.6 is 0 Å². The molecule has 25 heavy (non-hydrogen) atoms. The van der Waals surface area contributed by atoms with Gasteiger partial charge in [0, 0.05) is 22.4 Å². The SMILES string of the molecule is COc1nc(-c2ccc3cccc(F)c3c2)ccc1C(C=O)C(C)C. The Hall–Kier alpha value is -2.75. The fraction of sp³-hybridized carbons (Fsp3) is 0.238. The Morgan fingerprint density at radius 3 is 2.60 bits per heavy atom. The first-order valence-corrected chi connectivity index (χ1v) is 8.24. The van der Waals surface area contributed by atoms with E-state index in [0.717, 1.165) is 22.8 Å². The molecule has 1 heterocycles. The summed E-state index contributed by atoms with van der Waals surface area (Å²) in [6.07, 6.45) is 0.926. The van der Waals surface area contributed by atoms with Crippen LogP contribution in [-0.2, 0) is 4.79 Å². The molecule has 2 aromatic carbocycles. The molecular formula is C21H20FNO2. The van der Waals surface area contributed by atoms with Crippen molar-refractivity contribution in [2.75, 3.05) is 7.11 Å². The number of benzene rings is 2. The Bertz CT molecular complexity index is 921. The molecule has 0 spiro atoms. The molecule has 128 valence electrons. The monoisotopic (exact) mass is 337 g/mol. The van der Waals surface area contributed by atoms with Crippen LogP contribution in [0.2, 0.25) is 0 Å². The standard InChI is InChI=1S/C21H20FNO2/c1-13(2)18(12-24)16-9-10-20(23-21(16)25-3)15-8-7-14-5-4-6-19(22)17(14)11-15/h4-13,18H,1-3H3. The summed E-state index contributed by atoms with van der Waals surface area (Å²) in [4.78, 5) is 16.0. The van der Waals surface area contributed by atoms with E-state index < -0.39 is 0 Å². The number of hydrogen-bond acceptors (Lipinski definition) is 3. The summed E-state index contributed by atoms with van der Waals surface area (Å²) >= 11 is 0. The van der Waals surface area contributed by atoms with Crippen molar-refractivity contribution in [1.29, 1.82) is 0 Å². The van der Waals surface area contributed by atoms with E-state index >= 15 is 0 Å². The molecule has 0 bridgehead atoms. The second-order valence-electron chi connectivity index (χ2n) is 6.38. The largest absolute Gasteiger partial charge is 0.481 e. The Morgan fingerprint density at radius 2 is 1.92 bits per heavy atom. The highest BCUT2D eigenvalue weighted by atomic mass is 19.1. The van der Waals surface area contributed by atoms with E-state index in [1.54, 1.807) is 12.1 Å². The van der Waals surface area contributed by atoms with Crippen LogP contribution in [0.5, 0.6) is 5.88 Å². The minimum atomic E-state index is -0.273. The minimum absolute atomic E-state index is 0.147. The van der Waals surface area contributed by atoms with Gasteiger partial charge in [0.2, 0.25) is 5.88 Å². The fourth-order valence-corrected chi connectivity index (χ4v) is 3.01. The number of halogens is 1. The average Bonchev–Trinajstić information content (AvgIpc) is 2.62. The Labute approximate surface area is 146 Å². The number of fused-ring (bicyclic) bond motifs is 1.